The number of nitrogens with one attached hydrogen (secondary N) is 2. The van der Waals surface area contributed by atoms with E-state index >= 15 is 0 Å². The molecule has 0 radical (unpaired) electrons. The number of aromatic nitrogens is 4. The number of H-pyrrole nitrogens is 1. The van der Waals surface area contributed by atoms with Crippen LogP contribution >= 0.6 is 0 Å². The highest BCUT2D eigenvalue weighted by molar-refractivity contribution is 6.02. The third-order valence-electron chi connectivity index (χ3n) is 2.46. The van der Waals surface area contributed by atoms with Crippen molar-refractivity contribution < 1.29 is 4.79 Å². The number of imidazole rings is 1. The van der Waals surface area contributed by atoms with Crippen molar-refractivity contribution in [3.63, 3.8) is 0 Å². The van der Waals surface area contributed by atoms with Crippen LogP contribution < -0.4 is 5.32 Å². The first kappa shape index (κ1) is 11.4. The van der Waals surface area contributed by atoms with Gasteiger partial charge < -0.3 is 4.98 Å². The first-order chi connectivity index (χ1) is 8.24. The average Bonchev–Trinajstić information content (AvgIpc) is 2.96. The van der Waals surface area contributed by atoms with Crippen molar-refractivity contribution in [3.05, 3.63) is 29.8 Å². The SMILES string of the molecule is CCc1cc(C(=O)Nc2ncc[nH]2)n(CC)n1. The van der Waals surface area contributed by atoms with Gasteiger partial charge in [0.25, 0.3) is 5.91 Å². The van der Waals surface area contributed by atoms with E-state index in [0.29, 0.717) is 18.2 Å². The van der Waals surface area contributed by atoms with E-state index in [0.717, 1.165) is 12.1 Å². The van der Waals surface area contributed by atoms with Gasteiger partial charge in [-0.1, -0.05) is 6.92 Å². The van der Waals surface area contributed by atoms with E-state index in [1.807, 2.05) is 19.9 Å². The maximum Gasteiger partial charge on any atom is 0.276 e. The smallest absolute Gasteiger partial charge is 0.276 e. The van der Waals surface area contributed by atoms with E-state index in [9.17, 15) is 4.79 Å². The zero-order valence-electron chi connectivity index (χ0n) is 9.90. The predicted octanol–water partition coefficient (Wildman–Crippen LogP) is 1.44. The van der Waals surface area contributed by atoms with E-state index in [1.54, 1.807) is 17.1 Å². The lowest BCUT2D eigenvalue weighted by molar-refractivity contribution is 0.101. The highest BCUT2D eigenvalue weighted by atomic mass is 16.2. The summed E-state index contributed by atoms with van der Waals surface area (Å²) in [7, 11) is 0. The molecular formula is C11H15N5O. The normalized spacial score (nSPS) is 10.5. The number of aryl methyl sites for hydroxylation is 2. The van der Waals surface area contributed by atoms with Gasteiger partial charge in [-0.2, -0.15) is 5.10 Å². The van der Waals surface area contributed by atoms with Crippen LogP contribution in [0.4, 0.5) is 5.95 Å². The van der Waals surface area contributed by atoms with Crippen LogP contribution in [0.15, 0.2) is 18.5 Å². The molecule has 2 aromatic rings. The Morgan fingerprint density at radius 3 is 2.94 bits per heavy atom. The summed E-state index contributed by atoms with van der Waals surface area (Å²) >= 11 is 0. The van der Waals surface area contributed by atoms with Crippen molar-refractivity contribution in [2.75, 3.05) is 5.32 Å². The Morgan fingerprint density at radius 2 is 2.35 bits per heavy atom. The second-order valence-electron chi connectivity index (χ2n) is 3.58. The number of rotatable bonds is 4. The van der Waals surface area contributed by atoms with Crippen LogP contribution in [-0.2, 0) is 13.0 Å². The number of amides is 1. The zero-order valence-corrected chi connectivity index (χ0v) is 9.90. The molecule has 17 heavy (non-hydrogen) atoms. The monoisotopic (exact) mass is 233 g/mol. The molecule has 0 aliphatic rings. The molecule has 0 saturated heterocycles. The lowest BCUT2D eigenvalue weighted by Crippen LogP contribution is -2.17. The molecule has 2 rings (SSSR count). The Bertz CT molecular complexity index is 500. The van der Waals surface area contributed by atoms with Crippen LogP contribution in [0.2, 0.25) is 0 Å². The molecule has 6 heteroatoms. The van der Waals surface area contributed by atoms with Gasteiger partial charge in [-0.15, -0.1) is 0 Å². The minimum Gasteiger partial charge on any atom is -0.331 e. The number of nitrogens with zero attached hydrogens (tertiary/aromatic N) is 3. The number of hydrogen-bond acceptors (Lipinski definition) is 3. The summed E-state index contributed by atoms with van der Waals surface area (Å²) in [5.41, 5.74) is 1.47. The third kappa shape index (κ3) is 2.35. The molecule has 2 aromatic heterocycles. The van der Waals surface area contributed by atoms with Crippen LogP contribution in [0.3, 0.4) is 0 Å². The first-order valence-electron chi connectivity index (χ1n) is 5.62. The molecule has 1 amide bonds. The molecule has 0 aromatic carbocycles. The number of carbonyl (C=O) groups is 1. The quantitative estimate of drug-likeness (QED) is 0.839. The van der Waals surface area contributed by atoms with Gasteiger partial charge in [0.15, 0.2) is 0 Å². The van der Waals surface area contributed by atoms with Gasteiger partial charge in [0.1, 0.15) is 5.69 Å². The minimum absolute atomic E-state index is 0.200. The molecular weight excluding hydrogens is 218 g/mol. The average molecular weight is 233 g/mol. The lowest BCUT2D eigenvalue weighted by atomic mass is 10.3. The van der Waals surface area contributed by atoms with Crippen molar-refractivity contribution in [2.24, 2.45) is 0 Å². The van der Waals surface area contributed by atoms with Crippen LogP contribution in [0.25, 0.3) is 0 Å². The largest absolute Gasteiger partial charge is 0.331 e. The molecule has 90 valence electrons. The van der Waals surface area contributed by atoms with Crippen molar-refractivity contribution in [2.45, 2.75) is 26.8 Å². The van der Waals surface area contributed by atoms with Crippen molar-refractivity contribution in [1.82, 2.24) is 19.7 Å². The molecule has 0 fully saturated rings. The van der Waals surface area contributed by atoms with Gasteiger partial charge in [0.2, 0.25) is 5.95 Å². The molecule has 0 spiro atoms. The van der Waals surface area contributed by atoms with Crippen molar-refractivity contribution >= 4 is 11.9 Å². The van der Waals surface area contributed by atoms with Gasteiger partial charge in [-0.25, -0.2) is 4.98 Å². The second-order valence-corrected chi connectivity index (χ2v) is 3.58. The van der Waals surface area contributed by atoms with E-state index in [1.165, 1.54) is 0 Å². The number of aromatic amines is 1. The number of anilines is 1. The number of carbonyl (C=O) groups excluding carboxylic acids is 1. The molecule has 0 aliphatic heterocycles. The summed E-state index contributed by atoms with van der Waals surface area (Å²) in [5.74, 6) is 0.242. The van der Waals surface area contributed by atoms with Crippen molar-refractivity contribution in [3.8, 4) is 0 Å². The zero-order chi connectivity index (χ0) is 12.3. The van der Waals surface area contributed by atoms with Crippen molar-refractivity contribution in [1.29, 1.82) is 0 Å². The Hall–Kier alpha value is -2.11. The van der Waals surface area contributed by atoms with Crippen LogP contribution in [0.1, 0.15) is 30.0 Å². The molecule has 0 unspecified atom stereocenters. The topological polar surface area (TPSA) is 75.6 Å². The highest BCUT2D eigenvalue weighted by Gasteiger charge is 2.14. The maximum atomic E-state index is 12.0. The van der Waals surface area contributed by atoms with Crippen LogP contribution in [-0.4, -0.2) is 25.7 Å². The summed E-state index contributed by atoms with van der Waals surface area (Å²) in [4.78, 5) is 18.8. The van der Waals surface area contributed by atoms with E-state index in [-0.39, 0.29) is 5.91 Å². The lowest BCUT2D eigenvalue weighted by Gasteiger charge is -2.03. The predicted molar refractivity (Wildman–Crippen MR) is 63.8 cm³/mol. The van der Waals surface area contributed by atoms with Crippen LogP contribution in [0, 0.1) is 0 Å². The standard InChI is InChI=1S/C11H15N5O/c1-3-8-7-9(16(4-2)15-8)10(17)14-11-12-5-6-13-11/h5-7H,3-4H2,1-2H3,(H2,12,13,14,17). The molecule has 6 nitrogen and oxygen atoms in total. The Labute approximate surface area is 99.1 Å². The molecule has 0 bridgehead atoms. The summed E-state index contributed by atoms with van der Waals surface area (Å²) in [6.07, 6.45) is 4.06. The summed E-state index contributed by atoms with van der Waals surface area (Å²) in [5, 5.41) is 7.01. The second kappa shape index (κ2) is 4.82. The molecule has 0 aliphatic carbocycles. The van der Waals surface area contributed by atoms with E-state index < -0.39 is 0 Å². The Morgan fingerprint density at radius 1 is 1.53 bits per heavy atom. The van der Waals surface area contributed by atoms with E-state index in [4.69, 9.17) is 0 Å². The van der Waals surface area contributed by atoms with E-state index in [2.05, 4.69) is 20.4 Å². The molecule has 2 N–H and O–H groups in total. The van der Waals surface area contributed by atoms with Gasteiger partial charge in [0.05, 0.1) is 5.69 Å². The number of hydrogen-bond donors (Lipinski definition) is 2. The third-order valence-corrected chi connectivity index (χ3v) is 2.46. The fraction of sp³-hybridized carbons (Fsp3) is 0.364. The molecule has 2 heterocycles. The van der Waals surface area contributed by atoms with Gasteiger partial charge in [0, 0.05) is 18.9 Å². The fourth-order valence-corrected chi connectivity index (χ4v) is 1.57. The summed E-state index contributed by atoms with van der Waals surface area (Å²) in [6.45, 7) is 4.63. The van der Waals surface area contributed by atoms with Crippen LogP contribution in [0.5, 0.6) is 0 Å². The van der Waals surface area contributed by atoms with Gasteiger partial charge in [-0.05, 0) is 19.4 Å². The van der Waals surface area contributed by atoms with Gasteiger partial charge >= 0.3 is 0 Å². The minimum atomic E-state index is -0.200. The maximum absolute atomic E-state index is 12.0. The fourth-order valence-electron chi connectivity index (χ4n) is 1.57. The first-order valence-corrected chi connectivity index (χ1v) is 5.62. The molecule has 0 atom stereocenters. The Balaban J connectivity index is 2.21. The highest BCUT2D eigenvalue weighted by Crippen LogP contribution is 2.08. The Kier molecular flexibility index (Phi) is 3.22. The summed E-state index contributed by atoms with van der Waals surface area (Å²) < 4.78 is 1.69. The molecule has 0 saturated carbocycles. The van der Waals surface area contributed by atoms with Gasteiger partial charge in [-0.3, -0.25) is 14.8 Å². The summed E-state index contributed by atoms with van der Waals surface area (Å²) in [6, 6.07) is 1.81.